The molecule has 0 aliphatic heterocycles. The van der Waals surface area contributed by atoms with Gasteiger partial charge in [0.2, 0.25) is 17.5 Å². The highest BCUT2D eigenvalue weighted by atomic mass is 32.2. The molecule has 1 atom stereocenters. The summed E-state index contributed by atoms with van der Waals surface area (Å²) < 4.78 is 95.5. The summed E-state index contributed by atoms with van der Waals surface area (Å²) in [5.74, 6) is -8.42. The number of unbranched alkanes of at least 4 members (excludes halogenated alkanes) is 1. The van der Waals surface area contributed by atoms with Crippen LogP contribution in [0.4, 0.5) is 17.6 Å². The summed E-state index contributed by atoms with van der Waals surface area (Å²) in [5, 5.41) is 2.81. The molecule has 0 bridgehead atoms. The highest BCUT2D eigenvalue weighted by Crippen LogP contribution is 2.40. The topological polar surface area (TPSA) is 92.7 Å². The maximum absolute atomic E-state index is 15.0. The molecular weight excluding hydrogens is 560 g/mol. The first-order chi connectivity index (χ1) is 18.0. The van der Waals surface area contributed by atoms with E-state index in [0.717, 1.165) is 0 Å². The number of halogens is 4. The van der Waals surface area contributed by atoms with E-state index in [9.17, 15) is 30.8 Å². The van der Waals surface area contributed by atoms with Crippen LogP contribution in [0.15, 0.2) is 0 Å². The zero-order valence-corrected chi connectivity index (χ0v) is 25.2. The second-order valence-corrected chi connectivity index (χ2v) is 13.1. The molecule has 0 fully saturated rings. The van der Waals surface area contributed by atoms with Crippen LogP contribution in [0.25, 0.3) is 0 Å². The van der Waals surface area contributed by atoms with E-state index >= 15 is 0 Å². The Morgan fingerprint density at radius 3 is 2.10 bits per heavy atom. The van der Waals surface area contributed by atoms with Crippen LogP contribution in [0.2, 0.25) is 0 Å². The SMILES string of the molecule is CCC(CC(C)(C)C(=O)NCCC[N+](C)(C)CCCS(=O)(=O)O)c1c(F)c(F)c(OCCCCS)c(F)c1F. The summed E-state index contributed by atoms with van der Waals surface area (Å²) in [6.45, 7) is 6.16. The van der Waals surface area contributed by atoms with Gasteiger partial charge in [0.1, 0.15) is 0 Å². The predicted molar refractivity (Wildman–Crippen MR) is 147 cm³/mol. The zero-order chi connectivity index (χ0) is 30.0. The Kier molecular flexibility index (Phi) is 14.0. The van der Waals surface area contributed by atoms with E-state index in [0.29, 0.717) is 55.6 Å². The third kappa shape index (κ3) is 11.4. The smallest absolute Gasteiger partial charge is 0.265 e. The molecule has 226 valence electrons. The van der Waals surface area contributed by atoms with Crippen molar-refractivity contribution < 1.29 is 44.5 Å². The van der Waals surface area contributed by atoms with Crippen LogP contribution in [0.3, 0.4) is 0 Å². The standard InChI is InChI=1S/C26H42F4N2O5S2/c1-6-18(19-20(27)22(29)24(23(30)21(19)28)37-14-7-8-15-38)17-26(2,3)25(33)31-11-9-12-32(4,5)13-10-16-39(34,35)36/h18H,6-17H2,1-5H3,(H2-,31,33,34,35,36,38)/p+1. The van der Waals surface area contributed by atoms with Crippen molar-refractivity contribution in [1.82, 2.24) is 5.32 Å². The van der Waals surface area contributed by atoms with Gasteiger partial charge in [0.05, 0.1) is 39.5 Å². The van der Waals surface area contributed by atoms with Gasteiger partial charge in [-0.1, -0.05) is 20.8 Å². The Morgan fingerprint density at radius 1 is 1.03 bits per heavy atom. The number of carbonyl (C=O) groups excluding carboxylic acids is 1. The quantitative estimate of drug-likeness (QED) is 0.0542. The Balaban J connectivity index is 2.84. The lowest BCUT2D eigenvalue weighted by molar-refractivity contribution is -0.890. The van der Waals surface area contributed by atoms with Gasteiger partial charge < -0.3 is 14.5 Å². The summed E-state index contributed by atoms with van der Waals surface area (Å²) >= 11 is 4.03. The third-order valence-corrected chi connectivity index (χ3v) is 7.84. The normalized spacial score (nSPS) is 13.4. The summed E-state index contributed by atoms with van der Waals surface area (Å²) in [5.41, 5.74) is -1.84. The molecule has 13 heteroatoms. The number of ether oxygens (including phenoxy) is 1. The molecule has 1 amide bonds. The number of rotatable bonds is 18. The summed E-state index contributed by atoms with van der Waals surface area (Å²) in [4.78, 5) is 12.9. The molecule has 1 unspecified atom stereocenters. The average Bonchev–Trinajstić information content (AvgIpc) is 2.83. The van der Waals surface area contributed by atoms with E-state index in [-0.39, 0.29) is 31.1 Å². The molecule has 0 saturated heterocycles. The van der Waals surface area contributed by atoms with Crippen LogP contribution in [0, 0.1) is 28.7 Å². The van der Waals surface area contributed by atoms with E-state index in [1.807, 2.05) is 14.1 Å². The molecule has 1 rings (SSSR count). The first-order valence-corrected chi connectivity index (χ1v) is 15.4. The number of thiol groups is 1. The Labute approximate surface area is 235 Å². The summed E-state index contributed by atoms with van der Waals surface area (Å²) in [7, 11) is -0.206. The van der Waals surface area contributed by atoms with Crippen molar-refractivity contribution in [3.63, 3.8) is 0 Å². The van der Waals surface area contributed by atoms with Gasteiger partial charge in [-0.25, -0.2) is 8.78 Å². The van der Waals surface area contributed by atoms with Gasteiger partial charge in [-0.2, -0.15) is 29.8 Å². The Morgan fingerprint density at radius 2 is 1.59 bits per heavy atom. The maximum Gasteiger partial charge on any atom is 0.265 e. The van der Waals surface area contributed by atoms with Crippen LogP contribution >= 0.6 is 12.6 Å². The zero-order valence-electron chi connectivity index (χ0n) is 23.5. The number of nitrogens with zero attached hydrogens (tertiary/aromatic N) is 1. The number of amides is 1. The molecule has 2 N–H and O–H groups in total. The lowest BCUT2D eigenvalue weighted by Crippen LogP contribution is -2.44. The van der Waals surface area contributed by atoms with E-state index in [1.165, 1.54) is 0 Å². The van der Waals surface area contributed by atoms with Crippen molar-refractivity contribution in [2.45, 2.75) is 65.2 Å². The highest BCUT2D eigenvalue weighted by Gasteiger charge is 2.36. The highest BCUT2D eigenvalue weighted by molar-refractivity contribution is 7.85. The molecule has 1 aromatic carbocycles. The minimum Gasteiger partial charge on any atom is -0.487 e. The van der Waals surface area contributed by atoms with Gasteiger partial charge in [0.25, 0.3) is 10.1 Å². The first-order valence-electron chi connectivity index (χ1n) is 13.1. The fraction of sp³-hybridized carbons (Fsp3) is 0.731. The minimum absolute atomic E-state index is 0.0542. The molecule has 0 aliphatic carbocycles. The number of hydrogen-bond donors (Lipinski definition) is 3. The van der Waals surface area contributed by atoms with Crippen molar-refractivity contribution in [1.29, 1.82) is 0 Å². The van der Waals surface area contributed by atoms with E-state index in [4.69, 9.17) is 9.29 Å². The van der Waals surface area contributed by atoms with Gasteiger partial charge in [-0.15, -0.1) is 0 Å². The van der Waals surface area contributed by atoms with Gasteiger partial charge in [0.15, 0.2) is 17.4 Å². The lowest BCUT2D eigenvalue weighted by atomic mass is 9.77. The number of benzene rings is 1. The molecule has 7 nitrogen and oxygen atoms in total. The van der Waals surface area contributed by atoms with E-state index in [1.54, 1.807) is 20.8 Å². The predicted octanol–water partition coefficient (Wildman–Crippen LogP) is 5.10. The van der Waals surface area contributed by atoms with Crippen LogP contribution in [0.1, 0.15) is 70.8 Å². The lowest BCUT2D eigenvalue weighted by Gasteiger charge is -2.31. The molecule has 0 aromatic heterocycles. The number of carbonyl (C=O) groups is 1. The van der Waals surface area contributed by atoms with Crippen LogP contribution < -0.4 is 10.1 Å². The molecule has 0 heterocycles. The van der Waals surface area contributed by atoms with E-state index in [2.05, 4.69) is 17.9 Å². The van der Waals surface area contributed by atoms with Crippen molar-refractivity contribution in [2.75, 3.05) is 51.8 Å². The average molecular weight is 604 g/mol. The van der Waals surface area contributed by atoms with Crippen molar-refractivity contribution >= 4 is 28.7 Å². The van der Waals surface area contributed by atoms with Crippen LogP contribution in [-0.4, -0.2) is 75.2 Å². The van der Waals surface area contributed by atoms with Gasteiger partial charge in [0, 0.05) is 30.4 Å². The second-order valence-electron chi connectivity index (χ2n) is 11.1. The van der Waals surface area contributed by atoms with Crippen molar-refractivity contribution in [3.8, 4) is 5.75 Å². The molecular formula is C26H43F4N2O5S2+. The second kappa shape index (κ2) is 15.4. The fourth-order valence-corrected chi connectivity index (χ4v) is 5.11. The molecule has 0 aliphatic rings. The molecule has 1 aromatic rings. The maximum atomic E-state index is 15.0. The molecule has 0 radical (unpaired) electrons. The molecule has 0 spiro atoms. The minimum atomic E-state index is -4.01. The number of nitrogens with one attached hydrogen (secondary N) is 1. The summed E-state index contributed by atoms with van der Waals surface area (Å²) in [6.07, 6.45) is 1.98. The first kappa shape index (κ1) is 35.5. The monoisotopic (exact) mass is 603 g/mol. The Bertz CT molecular complexity index is 1040. The number of hydrogen-bond acceptors (Lipinski definition) is 5. The van der Waals surface area contributed by atoms with Crippen LogP contribution in [0.5, 0.6) is 5.75 Å². The Hall–Kier alpha value is -1.57. The third-order valence-electron chi connectivity index (χ3n) is 6.72. The largest absolute Gasteiger partial charge is 0.487 e. The van der Waals surface area contributed by atoms with Gasteiger partial charge in [-0.3, -0.25) is 9.35 Å². The number of quaternary nitrogens is 1. The van der Waals surface area contributed by atoms with Gasteiger partial charge in [-0.05, 0) is 37.4 Å². The van der Waals surface area contributed by atoms with Crippen molar-refractivity contribution in [2.24, 2.45) is 5.41 Å². The molecule has 39 heavy (non-hydrogen) atoms. The summed E-state index contributed by atoms with van der Waals surface area (Å²) in [6, 6.07) is 0. The van der Waals surface area contributed by atoms with Crippen LogP contribution in [-0.2, 0) is 14.9 Å². The fourth-order valence-electron chi connectivity index (χ4n) is 4.40. The van der Waals surface area contributed by atoms with Crippen molar-refractivity contribution in [3.05, 3.63) is 28.8 Å². The van der Waals surface area contributed by atoms with E-state index < -0.39 is 56.0 Å². The molecule has 0 saturated carbocycles. The van der Waals surface area contributed by atoms with Gasteiger partial charge >= 0.3 is 0 Å².